The predicted molar refractivity (Wildman–Crippen MR) is 59.1 cm³/mol. The first kappa shape index (κ1) is 9.99. The van der Waals surface area contributed by atoms with Crippen molar-refractivity contribution in [2.45, 2.75) is 19.3 Å². The van der Waals surface area contributed by atoms with Gasteiger partial charge in [-0.25, -0.2) is 0 Å². The van der Waals surface area contributed by atoms with E-state index < -0.39 is 0 Å². The van der Waals surface area contributed by atoms with Crippen LogP contribution in [0.15, 0.2) is 11.4 Å². The number of rotatable bonds is 1. The lowest BCUT2D eigenvalue weighted by atomic mass is 10.1. The Bertz CT molecular complexity index is 331. The summed E-state index contributed by atoms with van der Waals surface area (Å²) in [5.74, 6) is 0.102. The van der Waals surface area contributed by atoms with Gasteiger partial charge in [-0.1, -0.05) is 11.6 Å². The zero-order valence-electron chi connectivity index (χ0n) is 7.83. The minimum atomic E-state index is 0.102. The first-order valence-electron chi connectivity index (χ1n) is 4.81. The molecule has 0 spiro atoms. The number of carbonyl (C=O) groups excluding carboxylic acids is 1. The normalized spacial score (nSPS) is 17.1. The highest BCUT2D eigenvalue weighted by Gasteiger charge is 2.20. The van der Waals surface area contributed by atoms with E-state index in [1.807, 2.05) is 10.3 Å². The number of nitrogens with zero attached hydrogens (tertiary/aromatic N) is 1. The van der Waals surface area contributed by atoms with E-state index in [-0.39, 0.29) is 5.91 Å². The van der Waals surface area contributed by atoms with E-state index in [1.54, 1.807) is 6.07 Å². The second-order valence-corrected chi connectivity index (χ2v) is 4.77. The summed E-state index contributed by atoms with van der Waals surface area (Å²) >= 11 is 7.34. The first-order chi connectivity index (χ1) is 6.79. The number of hydrogen-bond acceptors (Lipinski definition) is 2. The van der Waals surface area contributed by atoms with E-state index in [0.29, 0.717) is 9.90 Å². The molecule has 0 unspecified atom stereocenters. The van der Waals surface area contributed by atoms with Crippen LogP contribution in [0.2, 0.25) is 5.02 Å². The summed E-state index contributed by atoms with van der Waals surface area (Å²) < 4.78 is 0. The minimum Gasteiger partial charge on any atom is -0.338 e. The molecule has 1 fully saturated rings. The van der Waals surface area contributed by atoms with Gasteiger partial charge in [-0.2, -0.15) is 0 Å². The maximum Gasteiger partial charge on any atom is 0.265 e. The molecule has 1 saturated heterocycles. The van der Waals surface area contributed by atoms with Gasteiger partial charge >= 0.3 is 0 Å². The van der Waals surface area contributed by atoms with Crippen LogP contribution in [0.1, 0.15) is 28.9 Å². The van der Waals surface area contributed by atoms with Gasteiger partial charge < -0.3 is 4.90 Å². The monoisotopic (exact) mass is 229 g/mol. The third-order valence-electron chi connectivity index (χ3n) is 2.45. The average molecular weight is 230 g/mol. The Hall–Kier alpha value is -0.540. The summed E-state index contributed by atoms with van der Waals surface area (Å²) in [6.07, 6.45) is 3.48. The highest BCUT2D eigenvalue weighted by atomic mass is 35.5. The second-order valence-electron chi connectivity index (χ2n) is 3.45. The van der Waals surface area contributed by atoms with Gasteiger partial charge in [0.25, 0.3) is 5.91 Å². The minimum absolute atomic E-state index is 0.102. The molecule has 14 heavy (non-hydrogen) atoms. The Morgan fingerprint density at radius 3 is 2.64 bits per heavy atom. The van der Waals surface area contributed by atoms with Crippen LogP contribution in [0.25, 0.3) is 0 Å². The molecule has 2 nitrogen and oxygen atoms in total. The topological polar surface area (TPSA) is 20.3 Å². The van der Waals surface area contributed by atoms with Crippen molar-refractivity contribution < 1.29 is 4.79 Å². The van der Waals surface area contributed by atoms with Crippen molar-refractivity contribution in [3.63, 3.8) is 0 Å². The third kappa shape index (κ3) is 1.93. The number of carbonyl (C=O) groups is 1. The van der Waals surface area contributed by atoms with Crippen LogP contribution < -0.4 is 0 Å². The molecular formula is C10H12ClNOS. The molecule has 1 aromatic heterocycles. The van der Waals surface area contributed by atoms with Gasteiger partial charge in [0.2, 0.25) is 0 Å². The largest absolute Gasteiger partial charge is 0.338 e. The highest BCUT2D eigenvalue weighted by Crippen LogP contribution is 2.24. The van der Waals surface area contributed by atoms with Crippen LogP contribution >= 0.6 is 22.9 Å². The fourth-order valence-electron chi connectivity index (χ4n) is 1.69. The lowest BCUT2D eigenvalue weighted by molar-refractivity contribution is 0.0729. The zero-order chi connectivity index (χ0) is 9.97. The van der Waals surface area contributed by atoms with Crippen LogP contribution in [0.5, 0.6) is 0 Å². The van der Waals surface area contributed by atoms with Gasteiger partial charge in [0.05, 0.1) is 5.02 Å². The van der Waals surface area contributed by atoms with Crippen molar-refractivity contribution in [3.05, 3.63) is 21.3 Å². The molecule has 2 heterocycles. The molecular weight excluding hydrogens is 218 g/mol. The lowest BCUT2D eigenvalue weighted by Gasteiger charge is -2.26. The maximum absolute atomic E-state index is 11.9. The lowest BCUT2D eigenvalue weighted by Crippen LogP contribution is -2.35. The quantitative estimate of drug-likeness (QED) is 0.725. The highest BCUT2D eigenvalue weighted by molar-refractivity contribution is 7.12. The third-order valence-corrected chi connectivity index (χ3v) is 3.78. The molecule has 0 N–H and O–H groups in total. The van der Waals surface area contributed by atoms with Gasteiger partial charge in [-0.3, -0.25) is 4.79 Å². The fraction of sp³-hybridized carbons (Fsp3) is 0.500. The van der Waals surface area contributed by atoms with E-state index in [2.05, 4.69) is 0 Å². The molecule has 0 aliphatic carbocycles. The van der Waals surface area contributed by atoms with E-state index >= 15 is 0 Å². The molecule has 0 radical (unpaired) electrons. The van der Waals surface area contributed by atoms with Gasteiger partial charge in [-0.05, 0) is 30.7 Å². The number of amides is 1. The van der Waals surface area contributed by atoms with Crippen molar-refractivity contribution in [1.29, 1.82) is 0 Å². The van der Waals surface area contributed by atoms with Crippen LogP contribution in [-0.4, -0.2) is 23.9 Å². The molecule has 76 valence electrons. The van der Waals surface area contributed by atoms with Crippen molar-refractivity contribution in [1.82, 2.24) is 4.90 Å². The Labute approximate surface area is 92.5 Å². The van der Waals surface area contributed by atoms with Crippen LogP contribution in [0.4, 0.5) is 0 Å². The Kier molecular flexibility index (Phi) is 3.08. The summed E-state index contributed by atoms with van der Waals surface area (Å²) in [4.78, 5) is 14.5. The Balaban J connectivity index is 2.11. The number of piperidine rings is 1. The molecule has 4 heteroatoms. The fourth-order valence-corrected chi connectivity index (χ4v) is 2.79. The van der Waals surface area contributed by atoms with Gasteiger partial charge in [-0.15, -0.1) is 11.3 Å². The number of halogens is 1. The SMILES string of the molecule is O=C(c1sccc1Cl)N1CCCCC1. The molecule has 1 amide bonds. The molecule has 0 atom stereocenters. The molecule has 0 saturated carbocycles. The summed E-state index contributed by atoms with van der Waals surface area (Å²) in [6.45, 7) is 1.76. The van der Waals surface area contributed by atoms with Crippen LogP contribution in [0, 0.1) is 0 Å². The van der Waals surface area contributed by atoms with E-state index in [4.69, 9.17) is 11.6 Å². The summed E-state index contributed by atoms with van der Waals surface area (Å²) in [5, 5.41) is 2.45. The predicted octanol–water partition coefficient (Wildman–Crippen LogP) is 3.03. The number of hydrogen-bond donors (Lipinski definition) is 0. The molecule has 0 bridgehead atoms. The van der Waals surface area contributed by atoms with Gasteiger partial charge in [0, 0.05) is 13.1 Å². The zero-order valence-corrected chi connectivity index (χ0v) is 9.40. The standard InChI is InChI=1S/C10H12ClNOS/c11-8-4-7-14-9(8)10(13)12-5-2-1-3-6-12/h4,7H,1-3,5-6H2. The second kappa shape index (κ2) is 4.32. The van der Waals surface area contributed by atoms with Crippen molar-refractivity contribution >= 4 is 28.8 Å². The molecule has 0 aromatic carbocycles. The number of thiophene rings is 1. The van der Waals surface area contributed by atoms with Crippen molar-refractivity contribution in [3.8, 4) is 0 Å². The Morgan fingerprint density at radius 2 is 2.07 bits per heavy atom. The van der Waals surface area contributed by atoms with E-state index in [1.165, 1.54) is 17.8 Å². The average Bonchev–Trinajstić information content (AvgIpc) is 2.65. The summed E-state index contributed by atoms with van der Waals surface area (Å²) in [6, 6.07) is 1.78. The van der Waals surface area contributed by atoms with Gasteiger partial charge in [0.15, 0.2) is 0 Å². The molecule has 1 aliphatic rings. The maximum atomic E-state index is 11.9. The first-order valence-corrected chi connectivity index (χ1v) is 6.07. The molecule has 1 aromatic rings. The van der Waals surface area contributed by atoms with E-state index in [9.17, 15) is 4.79 Å². The number of likely N-dealkylation sites (tertiary alicyclic amines) is 1. The molecule has 1 aliphatic heterocycles. The van der Waals surface area contributed by atoms with Crippen molar-refractivity contribution in [2.75, 3.05) is 13.1 Å². The molecule has 2 rings (SSSR count). The summed E-state index contributed by atoms with van der Waals surface area (Å²) in [5.41, 5.74) is 0. The van der Waals surface area contributed by atoms with Crippen molar-refractivity contribution in [2.24, 2.45) is 0 Å². The van der Waals surface area contributed by atoms with Gasteiger partial charge in [0.1, 0.15) is 4.88 Å². The van der Waals surface area contributed by atoms with Crippen LogP contribution in [-0.2, 0) is 0 Å². The van der Waals surface area contributed by atoms with Crippen LogP contribution in [0.3, 0.4) is 0 Å². The smallest absolute Gasteiger partial charge is 0.265 e. The Morgan fingerprint density at radius 1 is 1.36 bits per heavy atom. The van der Waals surface area contributed by atoms with E-state index in [0.717, 1.165) is 25.9 Å². The summed E-state index contributed by atoms with van der Waals surface area (Å²) in [7, 11) is 0.